The topological polar surface area (TPSA) is 41.0 Å². The third kappa shape index (κ3) is 4.79. The number of halogens is 5. The Balaban J connectivity index is 0.00000160. The fourth-order valence-corrected chi connectivity index (χ4v) is 3.73. The van der Waals surface area contributed by atoms with Crippen molar-refractivity contribution in [2.24, 2.45) is 0 Å². The lowest BCUT2D eigenvalue weighted by molar-refractivity contribution is -0.137. The molecule has 1 aromatic heterocycles. The number of nitrogens with zero attached hydrogens (tertiary/aromatic N) is 3. The molecule has 1 aliphatic rings. The first-order valence-electron chi connectivity index (χ1n) is 9.32. The summed E-state index contributed by atoms with van der Waals surface area (Å²) >= 11 is 0. The summed E-state index contributed by atoms with van der Waals surface area (Å²) in [6.45, 7) is 1.79. The number of fused-ring (bicyclic) bond motifs is 1. The maximum atomic E-state index is 12.8. The minimum absolute atomic E-state index is 0. The van der Waals surface area contributed by atoms with Gasteiger partial charge in [0.05, 0.1) is 5.56 Å². The zero-order valence-corrected chi connectivity index (χ0v) is 17.9. The van der Waals surface area contributed by atoms with E-state index < -0.39 is 11.7 Å². The quantitative estimate of drug-likeness (QED) is 0.574. The largest absolute Gasteiger partial charge is 0.416 e. The first kappa shape index (κ1) is 24.2. The van der Waals surface area contributed by atoms with Crippen molar-refractivity contribution in [1.29, 1.82) is 0 Å². The molecule has 1 fully saturated rings. The van der Waals surface area contributed by atoms with E-state index in [1.165, 1.54) is 12.1 Å². The van der Waals surface area contributed by atoms with Gasteiger partial charge in [-0.2, -0.15) is 13.2 Å². The molecule has 0 saturated carbocycles. The Hall–Kier alpha value is -2.09. The second-order valence-corrected chi connectivity index (χ2v) is 7.04. The lowest BCUT2D eigenvalue weighted by atomic mass is 10.0. The van der Waals surface area contributed by atoms with E-state index in [1.54, 1.807) is 0 Å². The SMILES string of the molecule is CNC1CCN(c2nnc(-c3ccc(C(F)(F)F)cc3)c3ccccc23)CC1.Cl.Cl. The van der Waals surface area contributed by atoms with Gasteiger partial charge < -0.3 is 10.2 Å². The molecule has 30 heavy (non-hydrogen) atoms. The van der Waals surface area contributed by atoms with Crippen molar-refractivity contribution in [2.45, 2.75) is 25.1 Å². The van der Waals surface area contributed by atoms with Crippen LogP contribution in [0.2, 0.25) is 0 Å². The van der Waals surface area contributed by atoms with Gasteiger partial charge in [-0.05, 0) is 32.0 Å². The van der Waals surface area contributed by atoms with Gasteiger partial charge in [0, 0.05) is 35.5 Å². The van der Waals surface area contributed by atoms with Crippen LogP contribution in [0.3, 0.4) is 0 Å². The monoisotopic (exact) mass is 458 g/mol. The van der Waals surface area contributed by atoms with Crippen molar-refractivity contribution in [1.82, 2.24) is 15.5 Å². The highest BCUT2D eigenvalue weighted by Crippen LogP contribution is 2.34. The van der Waals surface area contributed by atoms with E-state index >= 15 is 0 Å². The molecule has 1 aliphatic heterocycles. The van der Waals surface area contributed by atoms with Crippen LogP contribution < -0.4 is 10.2 Å². The van der Waals surface area contributed by atoms with Gasteiger partial charge in [0.2, 0.25) is 0 Å². The van der Waals surface area contributed by atoms with E-state index in [1.807, 2.05) is 31.3 Å². The third-order valence-corrected chi connectivity index (χ3v) is 5.36. The molecule has 3 aromatic rings. The maximum absolute atomic E-state index is 12.8. The van der Waals surface area contributed by atoms with Crippen LogP contribution in [0.15, 0.2) is 48.5 Å². The molecule has 9 heteroatoms. The van der Waals surface area contributed by atoms with E-state index in [4.69, 9.17) is 0 Å². The third-order valence-electron chi connectivity index (χ3n) is 5.36. The summed E-state index contributed by atoms with van der Waals surface area (Å²) in [5.41, 5.74) is 0.549. The van der Waals surface area contributed by atoms with Crippen molar-refractivity contribution in [3.63, 3.8) is 0 Å². The van der Waals surface area contributed by atoms with Gasteiger partial charge >= 0.3 is 6.18 Å². The van der Waals surface area contributed by atoms with Gasteiger partial charge in [-0.15, -0.1) is 35.0 Å². The van der Waals surface area contributed by atoms with Crippen LogP contribution in [0.1, 0.15) is 18.4 Å². The molecule has 4 rings (SSSR count). The molecule has 2 heterocycles. The average molecular weight is 459 g/mol. The van der Waals surface area contributed by atoms with Crippen molar-refractivity contribution in [3.8, 4) is 11.3 Å². The van der Waals surface area contributed by atoms with Gasteiger partial charge in [0.25, 0.3) is 0 Å². The molecule has 0 amide bonds. The molecule has 0 spiro atoms. The van der Waals surface area contributed by atoms with Crippen molar-refractivity contribution in [3.05, 3.63) is 54.1 Å². The molecule has 1 saturated heterocycles. The lowest BCUT2D eigenvalue weighted by Gasteiger charge is -2.33. The van der Waals surface area contributed by atoms with Gasteiger partial charge in [-0.1, -0.05) is 36.4 Å². The van der Waals surface area contributed by atoms with Gasteiger partial charge in [-0.25, -0.2) is 0 Å². The maximum Gasteiger partial charge on any atom is 0.416 e. The summed E-state index contributed by atoms with van der Waals surface area (Å²) < 4.78 is 38.5. The number of piperidine rings is 1. The van der Waals surface area contributed by atoms with Crippen LogP contribution in [0.4, 0.5) is 19.0 Å². The van der Waals surface area contributed by atoms with E-state index in [2.05, 4.69) is 20.4 Å². The van der Waals surface area contributed by atoms with Crippen LogP contribution >= 0.6 is 24.8 Å². The number of alkyl halides is 3. The zero-order chi connectivity index (χ0) is 19.7. The minimum Gasteiger partial charge on any atom is -0.354 e. The normalized spacial score (nSPS) is 14.9. The van der Waals surface area contributed by atoms with E-state index in [0.717, 1.165) is 54.7 Å². The smallest absolute Gasteiger partial charge is 0.354 e. The molecule has 1 N–H and O–H groups in total. The summed E-state index contributed by atoms with van der Waals surface area (Å²) in [5, 5.41) is 14.0. The standard InChI is InChI=1S/C21H21F3N4.2ClH/c1-25-16-10-12-28(13-11-16)20-18-5-3-2-4-17(18)19(26-27-20)14-6-8-15(9-7-14)21(22,23)24;;/h2-9,16,25H,10-13H2,1H3;2*1H. The Kier molecular flexibility index (Phi) is 7.91. The van der Waals surface area contributed by atoms with Gasteiger partial charge in [0.15, 0.2) is 5.82 Å². The molecule has 0 bridgehead atoms. The molecule has 2 aromatic carbocycles. The number of aromatic nitrogens is 2. The molecular formula is C21H23Cl2F3N4. The van der Waals surface area contributed by atoms with Crippen LogP contribution in [0.5, 0.6) is 0 Å². The van der Waals surface area contributed by atoms with Gasteiger partial charge in [-0.3, -0.25) is 0 Å². The fraction of sp³-hybridized carbons (Fsp3) is 0.333. The van der Waals surface area contributed by atoms with E-state index in [9.17, 15) is 13.2 Å². The summed E-state index contributed by atoms with van der Waals surface area (Å²) in [7, 11) is 1.98. The molecule has 4 nitrogen and oxygen atoms in total. The Bertz CT molecular complexity index is 972. The van der Waals surface area contributed by atoms with Crippen molar-refractivity contribution < 1.29 is 13.2 Å². The average Bonchev–Trinajstić information content (AvgIpc) is 2.72. The molecule has 162 valence electrons. The Morgan fingerprint density at radius 2 is 1.50 bits per heavy atom. The molecule has 0 aliphatic carbocycles. The van der Waals surface area contributed by atoms with Crippen LogP contribution in [0.25, 0.3) is 22.0 Å². The van der Waals surface area contributed by atoms with Crippen molar-refractivity contribution in [2.75, 3.05) is 25.0 Å². The van der Waals surface area contributed by atoms with E-state index in [0.29, 0.717) is 17.3 Å². The summed E-state index contributed by atoms with van der Waals surface area (Å²) in [4.78, 5) is 2.24. The summed E-state index contributed by atoms with van der Waals surface area (Å²) in [6.07, 6.45) is -2.28. The first-order valence-corrected chi connectivity index (χ1v) is 9.32. The highest BCUT2D eigenvalue weighted by atomic mass is 35.5. The first-order chi connectivity index (χ1) is 13.5. The summed E-state index contributed by atoms with van der Waals surface area (Å²) in [5.74, 6) is 0.834. The lowest BCUT2D eigenvalue weighted by Crippen LogP contribution is -2.41. The summed E-state index contributed by atoms with van der Waals surface area (Å²) in [6, 6.07) is 13.4. The van der Waals surface area contributed by atoms with E-state index in [-0.39, 0.29) is 24.8 Å². The van der Waals surface area contributed by atoms with Crippen LogP contribution in [-0.4, -0.2) is 36.4 Å². The fourth-order valence-electron chi connectivity index (χ4n) is 3.73. The molecule has 0 atom stereocenters. The van der Waals surface area contributed by atoms with Gasteiger partial charge in [0.1, 0.15) is 5.69 Å². The zero-order valence-electron chi connectivity index (χ0n) is 16.3. The highest BCUT2D eigenvalue weighted by Gasteiger charge is 2.30. The molecule has 0 unspecified atom stereocenters. The predicted molar refractivity (Wildman–Crippen MR) is 119 cm³/mol. The number of hydrogen-bond acceptors (Lipinski definition) is 4. The molecule has 0 radical (unpaired) electrons. The van der Waals surface area contributed by atoms with Crippen LogP contribution in [0, 0.1) is 0 Å². The number of benzene rings is 2. The Labute approximate surface area is 185 Å². The number of rotatable bonds is 3. The minimum atomic E-state index is -4.35. The second-order valence-electron chi connectivity index (χ2n) is 7.04. The van der Waals surface area contributed by atoms with Crippen molar-refractivity contribution >= 4 is 41.4 Å². The number of nitrogens with one attached hydrogen (secondary N) is 1. The second kappa shape index (κ2) is 9.81. The predicted octanol–water partition coefficient (Wildman–Crippen LogP) is 5.35. The number of hydrogen-bond donors (Lipinski definition) is 1. The molecular weight excluding hydrogens is 436 g/mol. The van der Waals surface area contributed by atoms with Crippen LogP contribution in [-0.2, 0) is 6.18 Å². The number of anilines is 1. The Morgan fingerprint density at radius 1 is 0.900 bits per heavy atom. The Morgan fingerprint density at radius 3 is 2.07 bits per heavy atom. The highest BCUT2D eigenvalue weighted by molar-refractivity contribution is 6.00.